The third-order valence-corrected chi connectivity index (χ3v) is 2.32. The van der Waals surface area contributed by atoms with Crippen molar-refractivity contribution in [1.82, 2.24) is 10.6 Å². The van der Waals surface area contributed by atoms with Crippen molar-refractivity contribution < 1.29 is 14.0 Å². The van der Waals surface area contributed by atoms with Crippen LogP contribution in [0.25, 0.3) is 0 Å². The summed E-state index contributed by atoms with van der Waals surface area (Å²) in [6, 6.07) is 3.18. The largest absolute Gasteiger partial charge is 0.444 e. The molecule has 7 heteroatoms. The Labute approximate surface area is 106 Å². The van der Waals surface area contributed by atoms with Gasteiger partial charge in [-0.05, 0) is 28.1 Å². The highest BCUT2D eigenvalue weighted by Gasteiger charge is 2.09. The summed E-state index contributed by atoms with van der Waals surface area (Å²) in [5.41, 5.74) is 0. The molecule has 1 aromatic rings. The van der Waals surface area contributed by atoms with Crippen molar-refractivity contribution in [2.75, 3.05) is 19.0 Å². The van der Waals surface area contributed by atoms with Crippen molar-refractivity contribution in [3.05, 3.63) is 22.6 Å². The Hall–Kier alpha value is -1.01. The quantitative estimate of drug-likeness (QED) is 0.632. The van der Waals surface area contributed by atoms with Crippen LogP contribution in [0.3, 0.4) is 0 Å². The molecule has 0 aliphatic carbocycles. The van der Waals surface area contributed by atoms with Gasteiger partial charge in [-0.15, -0.1) is 11.6 Å². The lowest BCUT2D eigenvalue weighted by Gasteiger charge is -2.04. The highest BCUT2D eigenvalue weighted by atomic mass is 79.9. The Morgan fingerprint density at radius 1 is 1.31 bits per heavy atom. The van der Waals surface area contributed by atoms with Crippen molar-refractivity contribution in [1.29, 1.82) is 0 Å². The maximum absolute atomic E-state index is 11.4. The second-order valence-electron chi connectivity index (χ2n) is 2.84. The molecule has 5 nitrogen and oxygen atoms in total. The van der Waals surface area contributed by atoms with Crippen LogP contribution in [-0.2, 0) is 4.79 Å². The van der Waals surface area contributed by atoms with Gasteiger partial charge in [0, 0.05) is 13.1 Å². The number of halogens is 2. The molecule has 0 saturated heterocycles. The van der Waals surface area contributed by atoms with Crippen LogP contribution >= 0.6 is 27.5 Å². The van der Waals surface area contributed by atoms with Crippen LogP contribution < -0.4 is 10.6 Å². The van der Waals surface area contributed by atoms with E-state index in [0.29, 0.717) is 17.8 Å². The van der Waals surface area contributed by atoms with E-state index < -0.39 is 0 Å². The number of alkyl halides is 1. The molecule has 0 unspecified atom stereocenters. The van der Waals surface area contributed by atoms with Crippen molar-refractivity contribution in [3.8, 4) is 0 Å². The van der Waals surface area contributed by atoms with Gasteiger partial charge in [0.15, 0.2) is 10.4 Å². The summed E-state index contributed by atoms with van der Waals surface area (Å²) in [6.07, 6.45) is 0. The van der Waals surface area contributed by atoms with Gasteiger partial charge in [-0.1, -0.05) is 0 Å². The van der Waals surface area contributed by atoms with Gasteiger partial charge in [-0.2, -0.15) is 0 Å². The molecule has 0 saturated carbocycles. The van der Waals surface area contributed by atoms with Crippen molar-refractivity contribution in [3.63, 3.8) is 0 Å². The molecule has 88 valence electrons. The molecule has 16 heavy (non-hydrogen) atoms. The number of carbonyl (C=O) groups excluding carboxylic acids is 2. The summed E-state index contributed by atoms with van der Waals surface area (Å²) >= 11 is 8.36. The lowest BCUT2D eigenvalue weighted by Crippen LogP contribution is -2.35. The van der Waals surface area contributed by atoms with E-state index in [9.17, 15) is 9.59 Å². The minimum atomic E-state index is -0.328. The SMILES string of the molecule is O=C(CCl)NCCNC(=O)c1ccc(Br)o1. The van der Waals surface area contributed by atoms with E-state index in [-0.39, 0.29) is 23.5 Å². The fourth-order valence-electron chi connectivity index (χ4n) is 0.949. The molecule has 2 amide bonds. The molecule has 0 aromatic carbocycles. The average molecular weight is 310 g/mol. The van der Waals surface area contributed by atoms with Crippen LogP contribution in [0.4, 0.5) is 0 Å². The molecule has 0 spiro atoms. The number of amides is 2. The molecule has 0 aliphatic rings. The molecule has 1 rings (SSSR count). The van der Waals surface area contributed by atoms with Crippen LogP contribution in [0.5, 0.6) is 0 Å². The zero-order chi connectivity index (χ0) is 12.0. The topological polar surface area (TPSA) is 71.3 Å². The molecule has 0 atom stereocenters. The predicted octanol–water partition coefficient (Wildman–Crippen LogP) is 1.13. The van der Waals surface area contributed by atoms with E-state index in [1.165, 1.54) is 0 Å². The van der Waals surface area contributed by atoms with E-state index in [1.807, 2.05) is 0 Å². The molecular formula is C9H10BrClN2O3. The standard InChI is InChI=1S/C9H10BrClN2O3/c10-7-2-1-6(16-7)9(15)13-4-3-12-8(14)5-11/h1-2H,3-5H2,(H,12,14)(H,13,15). The first-order chi connectivity index (χ1) is 7.63. The monoisotopic (exact) mass is 308 g/mol. The van der Waals surface area contributed by atoms with Crippen molar-refractivity contribution >= 4 is 39.3 Å². The third kappa shape index (κ3) is 4.24. The summed E-state index contributed by atoms with van der Waals surface area (Å²) in [5.74, 6) is -0.461. The first-order valence-corrected chi connectivity index (χ1v) is 5.82. The van der Waals surface area contributed by atoms with E-state index in [1.54, 1.807) is 12.1 Å². The molecule has 2 N–H and O–H groups in total. The Bertz CT molecular complexity index is 381. The number of hydrogen-bond donors (Lipinski definition) is 2. The summed E-state index contributed by atoms with van der Waals surface area (Å²) in [6.45, 7) is 0.652. The van der Waals surface area contributed by atoms with Gasteiger partial charge in [-0.3, -0.25) is 9.59 Å². The Kier molecular flexibility index (Phi) is 5.34. The fourth-order valence-corrected chi connectivity index (χ4v) is 1.35. The number of furan rings is 1. The summed E-state index contributed by atoms with van der Waals surface area (Å²) in [7, 11) is 0. The minimum absolute atomic E-state index is 0.0842. The van der Waals surface area contributed by atoms with E-state index in [2.05, 4.69) is 26.6 Å². The zero-order valence-corrected chi connectivity index (χ0v) is 10.6. The predicted molar refractivity (Wildman–Crippen MR) is 62.5 cm³/mol. The highest BCUT2D eigenvalue weighted by molar-refractivity contribution is 9.10. The second kappa shape index (κ2) is 6.55. The molecule has 0 radical (unpaired) electrons. The maximum atomic E-state index is 11.4. The van der Waals surface area contributed by atoms with Gasteiger partial charge in [-0.25, -0.2) is 0 Å². The molecule has 0 fully saturated rings. The van der Waals surface area contributed by atoms with Crippen LogP contribution in [0.15, 0.2) is 21.2 Å². The average Bonchev–Trinajstić information content (AvgIpc) is 2.70. The highest BCUT2D eigenvalue weighted by Crippen LogP contribution is 2.13. The van der Waals surface area contributed by atoms with Gasteiger partial charge in [0.1, 0.15) is 5.88 Å². The van der Waals surface area contributed by atoms with Crippen LogP contribution in [0, 0.1) is 0 Å². The molecule has 1 heterocycles. The van der Waals surface area contributed by atoms with Gasteiger partial charge in [0.25, 0.3) is 5.91 Å². The summed E-state index contributed by atoms with van der Waals surface area (Å²) < 4.78 is 5.53. The lowest BCUT2D eigenvalue weighted by molar-refractivity contribution is -0.118. The molecule has 0 aliphatic heterocycles. The lowest BCUT2D eigenvalue weighted by atomic mass is 10.4. The minimum Gasteiger partial charge on any atom is -0.444 e. The van der Waals surface area contributed by atoms with E-state index in [4.69, 9.17) is 16.0 Å². The normalized spacial score (nSPS) is 9.88. The van der Waals surface area contributed by atoms with Crippen LogP contribution in [0.1, 0.15) is 10.6 Å². The van der Waals surface area contributed by atoms with E-state index in [0.717, 1.165) is 0 Å². The third-order valence-electron chi connectivity index (χ3n) is 1.65. The molecule has 1 aromatic heterocycles. The van der Waals surface area contributed by atoms with Crippen LogP contribution in [0.2, 0.25) is 0 Å². The Morgan fingerprint density at radius 2 is 2.00 bits per heavy atom. The number of carbonyl (C=O) groups is 2. The van der Waals surface area contributed by atoms with Gasteiger partial charge in [0.2, 0.25) is 5.91 Å². The molecular weight excluding hydrogens is 299 g/mol. The smallest absolute Gasteiger partial charge is 0.287 e. The number of nitrogens with one attached hydrogen (secondary N) is 2. The summed E-state index contributed by atoms with van der Waals surface area (Å²) in [4.78, 5) is 22.2. The second-order valence-corrected chi connectivity index (χ2v) is 3.89. The Morgan fingerprint density at radius 3 is 2.56 bits per heavy atom. The van der Waals surface area contributed by atoms with Crippen LogP contribution in [-0.4, -0.2) is 30.8 Å². The van der Waals surface area contributed by atoms with E-state index >= 15 is 0 Å². The molecule has 0 bridgehead atoms. The zero-order valence-electron chi connectivity index (χ0n) is 8.26. The summed E-state index contributed by atoms with van der Waals surface area (Å²) in [5, 5.41) is 5.10. The first kappa shape index (κ1) is 13.1. The fraction of sp³-hybridized carbons (Fsp3) is 0.333. The van der Waals surface area contributed by atoms with Gasteiger partial charge >= 0.3 is 0 Å². The number of rotatable bonds is 5. The maximum Gasteiger partial charge on any atom is 0.287 e. The first-order valence-electron chi connectivity index (χ1n) is 4.49. The van der Waals surface area contributed by atoms with Crippen molar-refractivity contribution in [2.45, 2.75) is 0 Å². The van der Waals surface area contributed by atoms with Crippen molar-refractivity contribution in [2.24, 2.45) is 0 Å². The Balaban J connectivity index is 2.23. The number of hydrogen-bond acceptors (Lipinski definition) is 3. The van der Waals surface area contributed by atoms with Gasteiger partial charge < -0.3 is 15.1 Å². The van der Waals surface area contributed by atoms with Gasteiger partial charge in [0.05, 0.1) is 0 Å².